The third kappa shape index (κ3) is 10.2. The summed E-state index contributed by atoms with van der Waals surface area (Å²) in [6, 6.07) is 54.1. The minimum absolute atomic E-state index is 0. The van der Waals surface area contributed by atoms with Crippen LogP contribution in [0, 0.1) is 0 Å². The van der Waals surface area contributed by atoms with Gasteiger partial charge in [-0.25, -0.2) is 0 Å². The molecule has 0 bridgehead atoms. The van der Waals surface area contributed by atoms with Gasteiger partial charge in [0.15, 0.2) is 0 Å². The van der Waals surface area contributed by atoms with Gasteiger partial charge < -0.3 is 35.0 Å². The van der Waals surface area contributed by atoms with Gasteiger partial charge in [-0.15, -0.1) is 69.1 Å². The zero-order valence-corrected chi connectivity index (χ0v) is 38.5. The maximum Gasteiger partial charge on any atom is 4.00 e. The van der Waals surface area contributed by atoms with Crippen LogP contribution in [-0.2, 0) is 25.8 Å². The first-order valence-corrected chi connectivity index (χ1v) is 20.8. The molecule has 2 fully saturated rings. The number of aliphatic hydroxyl groups excluding tert-OH is 2. The Morgan fingerprint density at radius 2 is 0.759 bits per heavy atom. The zero-order chi connectivity index (χ0) is 37.4. The molecule has 10 rings (SSSR count). The average Bonchev–Trinajstić information content (AvgIpc) is 3.90. The van der Waals surface area contributed by atoms with Gasteiger partial charge in [-0.05, 0) is 76.6 Å². The van der Waals surface area contributed by atoms with E-state index in [9.17, 15) is 0 Å². The van der Waals surface area contributed by atoms with Gasteiger partial charge in [-0.1, -0.05) is 147 Å². The molecule has 58 heavy (non-hydrogen) atoms. The molecule has 0 atom stereocenters. The molecule has 0 aliphatic heterocycles. The van der Waals surface area contributed by atoms with Crippen molar-refractivity contribution in [2.24, 2.45) is 0 Å². The number of hydrogen-bond acceptors (Lipinski definition) is 2. The van der Waals surface area contributed by atoms with E-state index in [0.717, 1.165) is 11.8 Å². The van der Waals surface area contributed by atoms with Crippen LogP contribution in [0.2, 0.25) is 0 Å². The number of benzene rings is 6. The fourth-order valence-electron chi connectivity index (χ4n) is 9.32. The van der Waals surface area contributed by atoms with Gasteiger partial charge in [-0.3, -0.25) is 0 Å². The van der Waals surface area contributed by atoms with Crippen LogP contribution in [0.5, 0.6) is 0 Å². The number of aliphatic hydroxyl groups is 2. The summed E-state index contributed by atoms with van der Waals surface area (Å²) in [7, 11) is 0. The van der Waals surface area contributed by atoms with Crippen LogP contribution in [0.25, 0.3) is 65.3 Å². The molecule has 2 aliphatic carbocycles. The predicted molar refractivity (Wildman–Crippen MR) is 235 cm³/mol. The Morgan fingerprint density at radius 3 is 1.14 bits per heavy atom. The Bertz CT molecular complexity index is 2300. The van der Waals surface area contributed by atoms with Crippen LogP contribution in [0.4, 0.5) is 0 Å². The van der Waals surface area contributed by atoms with E-state index in [4.69, 9.17) is 10.2 Å². The van der Waals surface area contributed by atoms with E-state index in [1.54, 1.807) is 11.1 Å². The van der Waals surface area contributed by atoms with Crippen LogP contribution < -0.4 is 24.8 Å². The van der Waals surface area contributed by atoms with E-state index in [1.165, 1.54) is 130 Å². The monoisotopic (exact) mass is 972 g/mol. The molecule has 2 N–H and O–H groups in total. The van der Waals surface area contributed by atoms with Crippen molar-refractivity contribution in [2.45, 2.75) is 82.5 Å². The SMILES string of the molecule is OCCCO.[Cl-].[Cl-].[Hf+4].c1ccc2c(-c3cccc4[cH-]c(C5CCCCC5)cc34)cccc2c1.c1ccc2c(-c3cccc4[cH-]c(C5CCCCC5)cc34)cccc2c1. The molecule has 0 amide bonds. The second-order valence-electron chi connectivity index (χ2n) is 15.7. The van der Waals surface area contributed by atoms with Crippen LogP contribution in [0.15, 0.2) is 146 Å². The van der Waals surface area contributed by atoms with Crippen molar-refractivity contribution in [1.29, 1.82) is 0 Å². The van der Waals surface area contributed by atoms with Crippen molar-refractivity contribution in [2.75, 3.05) is 13.2 Å². The number of fused-ring (bicyclic) bond motifs is 4. The Labute approximate surface area is 376 Å². The predicted octanol–water partition coefficient (Wildman–Crippen LogP) is 8.22. The van der Waals surface area contributed by atoms with Crippen LogP contribution in [0.3, 0.4) is 0 Å². The zero-order valence-electron chi connectivity index (χ0n) is 33.4. The Morgan fingerprint density at radius 1 is 0.414 bits per heavy atom. The smallest absolute Gasteiger partial charge is 1.00 e. The molecule has 0 radical (unpaired) electrons. The summed E-state index contributed by atoms with van der Waals surface area (Å²) in [4.78, 5) is 0. The topological polar surface area (TPSA) is 40.5 Å². The van der Waals surface area contributed by atoms with Gasteiger partial charge in [0.2, 0.25) is 0 Å². The molecular formula is C53H54Cl2HfO2. The molecule has 5 heteroatoms. The van der Waals surface area contributed by atoms with E-state index in [0.29, 0.717) is 6.42 Å². The van der Waals surface area contributed by atoms with Crippen LogP contribution >= 0.6 is 0 Å². The molecule has 0 heterocycles. The molecule has 0 saturated heterocycles. The molecule has 2 aliphatic rings. The first-order chi connectivity index (χ1) is 27.2. The van der Waals surface area contributed by atoms with Crippen molar-refractivity contribution in [3.05, 3.63) is 157 Å². The second kappa shape index (κ2) is 22.2. The summed E-state index contributed by atoms with van der Waals surface area (Å²) in [5, 5.41) is 26.8. The van der Waals surface area contributed by atoms with Gasteiger partial charge in [0.05, 0.1) is 0 Å². The third-order valence-corrected chi connectivity index (χ3v) is 12.2. The molecule has 8 aromatic rings. The second-order valence-corrected chi connectivity index (χ2v) is 15.7. The Hall–Kier alpha value is -3.57. The first-order valence-electron chi connectivity index (χ1n) is 20.8. The quantitative estimate of drug-likeness (QED) is 0.130. The number of hydrogen-bond donors (Lipinski definition) is 2. The Kier molecular flexibility index (Phi) is 17.4. The van der Waals surface area contributed by atoms with Crippen LogP contribution in [0.1, 0.15) is 93.6 Å². The van der Waals surface area contributed by atoms with Gasteiger partial charge in [-0.2, -0.15) is 12.1 Å². The number of rotatable bonds is 6. The molecule has 8 aromatic carbocycles. The molecule has 0 spiro atoms. The molecule has 2 saturated carbocycles. The van der Waals surface area contributed by atoms with Gasteiger partial charge in [0.1, 0.15) is 0 Å². The number of halogens is 2. The maximum atomic E-state index is 7.91. The van der Waals surface area contributed by atoms with E-state index in [2.05, 4.69) is 146 Å². The maximum absolute atomic E-state index is 7.91. The van der Waals surface area contributed by atoms with Crippen molar-refractivity contribution < 1.29 is 60.9 Å². The molecule has 296 valence electrons. The van der Waals surface area contributed by atoms with Gasteiger partial charge in [0, 0.05) is 13.2 Å². The summed E-state index contributed by atoms with van der Waals surface area (Å²) >= 11 is 0. The normalized spacial score (nSPS) is 14.4. The standard InChI is InChI=1S/2C25H23.C3H8O2.2ClH.Hf/c2*1-2-8-18(9-3-1)21-16-20-12-7-15-24(25(20)17-21)23-14-6-11-19-10-4-5-13-22(19)23;4-2-1-3-5;;;/h2*4-7,10-18H,1-3,8-9H2;4-5H,1-3H2;2*1H;/q2*-1;;;;+4/p-2. The molecule has 0 unspecified atom stereocenters. The van der Waals surface area contributed by atoms with E-state index >= 15 is 0 Å². The minimum atomic E-state index is 0. The van der Waals surface area contributed by atoms with Crippen LogP contribution in [-0.4, -0.2) is 23.4 Å². The average molecular weight is 972 g/mol. The van der Waals surface area contributed by atoms with E-state index in [1.807, 2.05) is 0 Å². The minimum Gasteiger partial charge on any atom is -1.00 e. The first kappa shape index (κ1) is 45.5. The third-order valence-electron chi connectivity index (χ3n) is 12.2. The largest absolute Gasteiger partial charge is 4.00 e. The fourth-order valence-corrected chi connectivity index (χ4v) is 9.32. The molecular weight excluding hydrogens is 918 g/mol. The van der Waals surface area contributed by atoms with Crippen molar-refractivity contribution >= 4 is 43.1 Å². The van der Waals surface area contributed by atoms with Gasteiger partial charge >= 0.3 is 25.8 Å². The van der Waals surface area contributed by atoms with E-state index < -0.39 is 0 Å². The molecule has 0 aromatic heterocycles. The van der Waals surface area contributed by atoms with E-state index in [-0.39, 0.29) is 63.9 Å². The summed E-state index contributed by atoms with van der Waals surface area (Å²) in [6.45, 7) is 0.188. The van der Waals surface area contributed by atoms with Crippen molar-refractivity contribution in [1.82, 2.24) is 0 Å². The molecule has 2 nitrogen and oxygen atoms in total. The summed E-state index contributed by atoms with van der Waals surface area (Å²) in [5.74, 6) is 1.53. The summed E-state index contributed by atoms with van der Waals surface area (Å²) < 4.78 is 0. The van der Waals surface area contributed by atoms with Crippen molar-refractivity contribution in [3.63, 3.8) is 0 Å². The van der Waals surface area contributed by atoms with Crippen molar-refractivity contribution in [3.8, 4) is 22.3 Å². The summed E-state index contributed by atoms with van der Waals surface area (Å²) in [5.41, 5.74) is 8.56. The summed E-state index contributed by atoms with van der Waals surface area (Å²) in [6.07, 6.45) is 14.3. The van der Waals surface area contributed by atoms with Gasteiger partial charge in [0.25, 0.3) is 0 Å². The Balaban J connectivity index is 0.000000189. The fraction of sp³-hybridized carbons (Fsp3) is 0.283.